The summed E-state index contributed by atoms with van der Waals surface area (Å²) in [4.78, 5) is 23.8. The first-order chi connectivity index (χ1) is 11.5. The second-order valence-corrected chi connectivity index (χ2v) is 6.89. The van der Waals surface area contributed by atoms with Crippen LogP contribution in [0.3, 0.4) is 0 Å². The maximum Gasteiger partial charge on any atom is 0.239 e. The first-order valence-electron chi connectivity index (χ1n) is 8.89. The number of piperazine rings is 1. The van der Waals surface area contributed by atoms with E-state index in [2.05, 4.69) is 14.8 Å². The quantitative estimate of drug-likeness (QED) is 0.833. The third-order valence-corrected chi connectivity index (χ3v) is 4.92. The number of carbonyl (C=O) groups is 1. The minimum atomic E-state index is -0.0756. The van der Waals surface area contributed by atoms with Crippen molar-refractivity contribution in [2.45, 2.75) is 39.0 Å². The zero-order valence-electron chi connectivity index (χ0n) is 14.9. The van der Waals surface area contributed by atoms with Crippen LogP contribution in [-0.2, 0) is 9.53 Å². The second-order valence-electron chi connectivity index (χ2n) is 6.89. The highest BCUT2D eigenvalue weighted by Gasteiger charge is 2.32. The summed E-state index contributed by atoms with van der Waals surface area (Å²) in [5.41, 5.74) is 0. The Morgan fingerprint density at radius 2 is 1.83 bits per heavy atom. The number of anilines is 1. The first kappa shape index (κ1) is 17.2. The van der Waals surface area contributed by atoms with Gasteiger partial charge in [0.15, 0.2) is 0 Å². The number of carbonyl (C=O) groups excluding carboxylic acids is 1. The number of hydrogen-bond donors (Lipinski definition) is 0. The summed E-state index contributed by atoms with van der Waals surface area (Å²) in [6.07, 6.45) is 2.06. The zero-order chi connectivity index (χ0) is 17.1. The van der Waals surface area contributed by atoms with Crippen molar-refractivity contribution in [3.63, 3.8) is 0 Å². The Balaban J connectivity index is 1.55. The van der Waals surface area contributed by atoms with Gasteiger partial charge in [0.05, 0.1) is 18.2 Å². The molecule has 6 heteroatoms. The Bertz CT molecular complexity index is 535. The van der Waals surface area contributed by atoms with Crippen LogP contribution in [0.2, 0.25) is 0 Å². The summed E-state index contributed by atoms with van der Waals surface area (Å²) in [6.45, 7) is 11.1. The maximum atomic E-state index is 12.8. The Labute approximate surface area is 144 Å². The van der Waals surface area contributed by atoms with Crippen molar-refractivity contribution in [1.82, 2.24) is 14.8 Å². The number of morpholine rings is 1. The molecule has 132 valence electrons. The van der Waals surface area contributed by atoms with Gasteiger partial charge in [0, 0.05) is 45.5 Å². The summed E-state index contributed by atoms with van der Waals surface area (Å²) in [5.74, 6) is 1.25. The first-order valence-corrected chi connectivity index (χ1v) is 8.89. The third-order valence-electron chi connectivity index (χ3n) is 4.92. The van der Waals surface area contributed by atoms with Crippen LogP contribution in [0.5, 0.6) is 0 Å². The molecule has 0 unspecified atom stereocenters. The number of rotatable bonds is 3. The Hall–Kier alpha value is -1.66. The lowest BCUT2D eigenvalue weighted by Gasteiger charge is -2.41. The second kappa shape index (κ2) is 7.49. The van der Waals surface area contributed by atoms with Gasteiger partial charge in [-0.25, -0.2) is 4.98 Å². The van der Waals surface area contributed by atoms with E-state index in [0.717, 1.165) is 32.0 Å². The van der Waals surface area contributed by atoms with Crippen LogP contribution in [0, 0.1) is 0 Å². The number of nitrogens with zero attached hydrogens (tertiary/aromatic N) is 4. The van der Waals surface area contributed by atoms with Crippen molar-refractivity contribution in [2.24, 2.45) is 0 Å². The molecule has 1 aromatic rings. The fraction of sp³-hybridized carbons (Fsp3) is 0.667. The van der Waals surface area contributed by atoms with Gasteiger partial charge in [-0.05, 0) is 32.9 Å². The van der Waals surface area contributed by atoms with Crippen LogP contribution in [0.15, 0.2) is 24.4 Å². The fourth-order valence-corrected chi connectivity index (χ4v) is 3.66. The predicted octanol–water partition coefficient (Wildman–Crippen LogP) is 1.23. The van der Waals surface area contributed by atoms with Gasteiger partial charge in [0.1, 0.15) is 5.82 Å². The molecule has 1 amide bonds. The van der Waals surface area contributed by atoms with Crippen molar-refractivity contribution in [3.8, 4) is 0 Å². The van der Waals surface area contributed by atoms with E-state index in [0.29, 0.717) is 13.1 Å². The SMILES string of the molecule is C[C@@H]1CN(C(=O)[C@@H](C)N2CCN(c3ccccn3)CC2)C[C@@H](C)O1. The van der Waals surface area contributed by atoms with E-state index in [1.807, 2.05) is 50.1 Å². The molecule has 3 rings (SSSR count). The van der Waals surface area contributed by atoms with E-state index in [1.54, 1.807) is 0 Å². The van der Waals surface area contributed by atoms with Gasteiger partial charge < -0.3 is 14.5 Å². The van der Waals surface area contributed by atoms with Gasteiger partial charge >= 0.3 is 0 Å². The van der Waals surface area contributed by atoms with Crippen LogP contribution < -0.4 is 4.90 Å². The number of hydrogen-bond acceptors (Lipinski definition) is 5. The van der Waals surface area contributed by atoms with Crippen molar-refractivity contribution < 1.29 is 9.53 Å². The van der Waals surface area contributed by atoms with Gasteiger partial charge in [-0.2, -0.15) is 0 Å². The molecule has 0 aliphatic carbocycles. The molecule has 0 N–H and O–H groups in total. The molecule has 2 fully saturated rings. The van der Waals surface area contributed by atoms with Gasteiger partial charge in [-0.1, -0.05) is 6.07 Å². The molecule has 3 atom stereocenters. The van der Waals surface area contributed by atoms with E-state index in [-0.39, 0.29) is 24.2 Å². The van der Waals surface area contributed by atoms with Gasteiger partial charge in [-0.3, -0.25) is 9.69 Å². The average Bonchev–Trinajstić information content (AvgIpc) is 2.60. The molecule has 0 aromatic carbocycles. The Kier molecular flexibility index (Phi) is 5.36. The molecule has 1 aromatic heterocycles. The predicted molar refractivity (Wildman–Crippen MR) is 94.1 cm³/mol. The highest BCUT2D eigenvalue weighted by molar-refractivity contribution is 5.81. The minimum Gasteiger partial charge on any atom is -0.372 e. The molecule has 0 saturated carbocycles. The fourth-order valence-electron chi connectivity index (χ4n) is 3.66. The molecule has 0 bridgehead atoms. The number of aromatic nitrogens is 1. The van der Waals surface area contributed by atoms with E-state index >= 15 is 0 Å². The molecule has 2 aliphatic heterocycles. The van der Waals surface area contributed by atoms with Crippen LogP contribution in [0.25, 0.3) is 0 Å². The number of amides is 1. The van der Waals surface area contributed by atoms with Crippen molar-refractivity contribution in [3.05, 3.63) is 24.4 Å². The number of ether oxygens (including phenoxy) is 1. The molecular weight excluding hydrogens is 304 g/mol. The lowest BCUT2D eigenvalue weighted by molar-refractivity contribution is -0.148. The van der Waals surface area contributed by atoms with E-state index < -0.39 is 0 Å². The lowest BCUT2D eigenvalue weighted by atomic mass is 10.1. The summed E-state index contributed by atoms with van der Waals surface area (Å²) in [6, 6.07) is 5.92. The van der Waals surface area contributed by atoms with E-state index in [9.17, 15) is 4.79 Å². The van der Waals surface area contributed by atoms with Gasteiger partial charge in [0.25, 0.3) is 0 Å². The van der Waals surface area contributed by atoms with Crippen LogP contribution >= 0.6 is 0 Å². The molecule has 2 aliphatic rings. The summed E-state index contributed by atoms with van der Waals surface area (Å²) < 4.78 is 5.73. The molecule has 0 spiro atoms. The molecular formula is C18H28N4O2. The van der Waals surface area contributed by atoms with E-state index in [1.165, 1.54) is 0 Å². The van der Waals surface area contributed by atoms with Crippen molar-refractivity contribution in [2.75, 3.05) is 44.2 Å². The zero-order valence-corrected chi connectivity index (χ0v) is 14.9. The van der Waals surface area contributed by atoms with Gasteiger partial charge in [0.2, 0.25) is 5.91 Å². The Morgan fingerprint density at radius 1 is 1.17 bits per heavy atom. The average molecular weight is 332 g/mol. The summed E-state index contributed by atoms with van der Waals surface area (Å²) in [7, 11) is 0. The standard InChI is InChI=1S/C18H28N4O2/c1-14-12-22(13-15(2)24-14)18(23)16(3)20-8-10-21(11-9-20)17-6-4-5-7-19-17/h4-7,14-16H,8-13H2,1-3H3/t14-,15-,16-/m1/s1. The third kappa shape index (κ3) is 3.87. The summed E-state index contributed by atoms with van der Waals surface area (Å²) in [5, 5.41) is 0. The molecule has 0 radical (unpaired) electrons. The highest BCUT2D eigenvalue weighted by atomic mass is 16.5. The molecule has 24 heavy (non-hydrogen) atoms. The molecule has 6 nitrogen and oxygen atoms in total. The van der Waals surface area contributed by atoms with Crippen molar-refractivity contribution >= 4 is 11.7 Å². The topological polar surface area (TPSA) is 48.9 Å². The highest BCUT2D eigenvalue weighted by Crippen LogP contribution is 2.17. The normalized spacial score (nSPS) is 27.1. The minimum absolute atomic E-state index is 0.0756. The lowest BCUT2D eigenvalue weighted by Crippen LogP contribution is -2.57. The van der Waals surface area contributed by atoms with Crippen LogP contribution in [0.4, 0.5) is 5.82 Å². The maximum absolute atomic E-state index is 12.8. The number of pyridine rings is 1. The van der Waals surface area contributed by atoms with Crippen molar-refractivity contribution in [1.29, 1.82) is 0 Å². The monoisotopic (exact) mass is 332 g/mol. The Morgan fingerprint density at radius 3 is 2.42 bits per heavy atom. The van der Waals surface area contributed by atoms with Gasteiger partial charge in [-0.15, -0.1) is 0 Å². The van der Waals surface area contributed by atoms with Crippen LogP contribution in [0.1, 0.15) is 20.8 Å². The largest absolute Gasteiger partial charge is 0.372 e. The molecule has 3 heterocycles. The smallest absolute Gasteiger partial charge is 0.239 e. The molecule has 2 saturated heterocycles. The van der Waals surface area contributed by atoms with E-state index in [4.69, 9.17) is 4.74 Å². The van der Waals surface area contributed by atoms with Crippen LogP contribution in [-0.4, -0.2) is 78.2 Å². The summed E-state index contributed by atoms with van der Waals surface area (Å²) >= 11 is 0.